The summed E-state index contributed by atoms with van der Waals surface area (Å²) in [6, 6.07) is 15.8. The second kappa shape index (κ2) is 6.87. The van der Waals surface area contributed by atoms with Gasteiger partial charge in [0.2, 0.25) is 0 Å². The van der Waals surface area contributed by atoms with Crippen molar-refractivity contribution in [1.82, 2.24) is 29.9 Å². The molecule has 0 bridgehead atoms. The zero-order chi connectivity index (χ0) is 19.8. The molecule has 7 nitrogen and oxygen atoms in total. The summed E-state index contributed by atoms with van der Waals surface area (Å²) in [5.41, 5.74) is 6.10. The van der Waals surface area contributed by atoms with Crippen LogP contribution in [0.15, 0.2) is 67.1 Å². The molecule has 1 aromatic carbocycles. The number of nitrogens with zero attached hydrogens (tertiary/aromatic N) is 5. The number of hydrogen-bond donors (Lipinski definition) is 1. The smallest absolute Gasteiger partial charge is 0.182 e. The maximum Gasteiger partial charge on any atom is 0.182 e. The molecule has 1 N–H and O–H groups in total. The number of hydrogen-bond acceptors (Lipinski definition) is 5. The van der Waals surface area contributed by atoms with Crippen LogP contribution in [0.3, 0.4) is 0 Å². The molecule has 0 aliphatic rings. The lowest BCUT2D eigenvalue weighted by atomic mass is 10.0. The van der Waals surface area contributed by atoms with Crippen LogP contribution in [0.5, 0.6) is 5.75 Å². The van der Waals surface area contributed by atoms with Gasteiger partial charge in [-0.25, -0.2) is 4.98 Å². The zero-order valence-electron chi connectivity index (χ0n) is 16.0. The van der Waals surface area contributed by atoms with Crippen molar-refractivity contribution in [3.63, 3.8) is 0 Å². The summed E-state index contributed by atoms with van der Waals surface area (Å²) in [7, 11) is 3.54. The molecule has 0 fully saturated rings. The Morgan fingerprint density at radius 1 is 1.00 bits per heavy atom. The number of benzene rings is 1. The Morgan fingerprint density at radius 2 is 1.86 bits per heavy atom. The topological polar surface area (TPSA) is 81.5 Å². The van der Waals surface area contributed by atoms with Gasteiger partial charge < -0.3 is 4.74 Å². The van der Waals surface area contributed by atoms with Crippen LogP contribution in [-0.4, -0.2) is 37.1 Å². The third-order valence-corrected chi connectivity index (χ3v) is 4.84. The van der Waals surface area contributed by atoms with E-state index in [9.17, 15) is 0 Å². The van der Waals surface area contributed by atoms with E-state index < -0.39 is 0 Å². The second-order valence-corrected chi connectivity index (χ2v) is 6.70. The molecule has 142 valence electrons. The Hall–Kier alpha value is -4.00. The number of aromatic amines is 1. The molecule has 5 aromatic rings. The summed E-state index contributed by atoms with van der Waals surface area (Å²) >= 11 is 0. The minimum atomic E-state index is 0.637. The molecular weight excluding hydrogens is 364 g/mol. The number of nitrogens with one attached hydrogen (secondary N) is 1. The van der Waals surface area contributed by atoms with Crippen LogP contribution in [-0.2, 0) is 7.05 Å². The van der Waals surface area contributed by atoms with Crippen LogP contribution >= 0.6 is 0 Å². The number of ether oxygens (including phenoxy) is 1. The lowest BCUT2D eigenvalue weighted by Crippen LogP contribution is -1.91. The molecule has 4 aromatic heterocycles. The standard InChI is InChI=1S/C22H18N6O/c1-28-13-15(12-24-28)19-11-17(18-5-3-4-10-23-18)20-21(26-27-22(20)25-19)14-6-8-16(29-2)9-7-14/h3-13H,1-2H3,(H,25,26,27). The number of H-pyrrole nitrogens is 1. The molecular formula is C22H18N6O. The molecule has 0 atom stereocenters. The summed E-state index contributed by atoms with van der Waals surface area (Å²) in [5, 5.41) is 12.9. The number of aryl methyl sites for hydroxylation is 1. The third kappa shape index (κ3) is 3.02. The van der Waals surface area contributed by atoms with Crippen molar-refractivity contribution in [2.75, 3.05) is 7.11 Å². The minimum absolute atomic E-state index is 0.637. The van der Waals surface area contributed by atoms with Gasteiger partial charge in [0.05, 0.1) is 35.8 Å². The van der Waals surface area contributed by atoms with Gasteiger partial charge in [0, 0.05) is 36.1 Å². The van der Waals surface area contributed by atoms with Crippen LogP contribution in [0.1, 0.15) is 0 Å². The first kappa shape index (κ1) is 17.1. The highest BCUT2D eigenvalue weighted by Crippen LogP contribution is 2.36. The molecule has 0 amide bonds. The van der Waals surface area contributed by atoms with Crippen LogP contribution in [0.4, 0.5) is 0 Å². The largest absolute Gasteiger partial charge is 0.497 e. The maximum atomic E-state index is 5.28. The minimum Gasteiger partial charge on any atom is -0.497 e. The molecule has 0 saturated heterocycles. The van der Waals surface area contributed by atoms with E-state index in [2.05, 4.69) is 20.3 Å². The Kier molecular flexibility index (Phi) is 4.05. The molecule has 0 radical (unpaired) electrons. The predicted octanol–water partition coefficient (Wildman–Crippen LogP) is 4.10. The van der Waals surface area contributed by atoms with Gasteiger partial charge in [-0.2, -0.15) is 10.2 Å². The molecule has 0 spiro atoms. The van der Waals surface area contributed by atoms with Gasteiger partial charge in [0.15, 0.2) is 5.65 Å². The van der Waals surface area contributed by atoms with Gasteiger partial charge in [0.1, 0.15) is 5.75 Å². The van der Waals surface area contributed by atoms with Gasteiger partial charge in [-0.05, 0) is 42.5 Å². The molecule has 7 heteroatoms. The highest BCUT2D eigenvalue weighted by molar-refractivity contribution is 6.03. The monoisotopic (exact) mass is 382 g/mol. The number of rotatable bonds is 4. The first-order valence-corrected chi connectivity index (χ1v) is 9.17. The van der Waals surface area contributed by atoms with E-state index >= 15 is 0 Å². The van der Waals surface area contributed by atoms with E-state index in [0.717, 1.165) is 44.9 Å². The van der Waals surface area contributed by atoms with Gasteiger partial charge >= 0.3 is 0 Å². The summed E-state index contributed by atoms with van der Waals surface area (Å²) in [6.07, 6.45) is 5.53. The molecule has 5 rings (SSSR count). The van der Waals surface area contributed by atoms with Crippen LogP contribution in [0.25, 0.3) is 44.8 Å². The van der Waals surface area contributed by atoms with Gasteiger partial charge in [0.25, 0.3) is 0 Å². The lowest BCUT2D eigenvalue weighted by molar-refractivity contribution is 0.415. The van der Waals surface area contributed by atoms with Crippen molar-refractivity contribution in [2.45, 2.75) is 0 Å². The van der Waals surface area contributed by atoms with E-state index in [0.29, 0.717) is 5.65 Å². The lowest BCUT2D eigenvalue weighted by Gasteiger charge is -2.08. The predicted molar refractivity (Wildman–Crippen MR) is 111 cm³/mol. The highest BCUT2D eigenvalue weighted by Gasteiger charge is 2.18. The van der Waals surface area contributed by atoms with Gasteiger partial charge in [-0.15, -0.1) is 0 Å². The van der Waals surface area contributed by atoms with Crippen LogP contribution in [0.2, 0.25) is 0 Å². The van der Waals surface area contributed by atoms with Gasteiger partial charge in [-0.3, -0.25) is 14.8 Å². The summed E-state index contributed by atoms with van der Waals surface area (Å²) in [6.45, 7) is 0. The fourth-order valence-electron chi connectivity index (χ4n) is 3.42. The van der Waals surface area contributed by atoms with E-state index in [1.54, 1.807) is 24.2 Å². The Morgan fingerprint density at radius 3 is 2.55 bits per heavy atom. The SMILES string of the molecule is COc1ccc(-c2[nH]nc3nc(-c4cnn(C)c4)cc(-c4ccccn4)c23)cc1. The van der Waals surface area contributed by atoms with Gasteiger partial charge in [-0.1, -0.05) is 6.07 Å². The average Bonchev–Trinajstić information content (AvgIpc) is 3.40. The number of aromatic nitrogens is 6. The molecule has 0 aliphatic carbocycles. The molecule has 4 heterocycles. The quantitative estimate of drug-likeness (QED) is 0.506. The summed E-state index contributed by atoms with van der Waals surface area (Å²) < 4.78 is 7.04. The number of fused-ring (bicyclic) bond motifs is 1. The van der Waals surface area contributed by atoms with E-state index in [4.69, 9.17) is 9.72 Å². The first-order chi connectivity index (χ1) is 14.2. The summed E-state index contributed by atoms with van der Waals surface area (Å²) in [5.74, 6) is 0.805. The Balaban J connectivity index is 1.76. The van der Waals surface area contributed by atoms with E-state index in [-0.39, 0.29) is 0 Å². The van der Waals surface area contributed by atoms with E-state index in [1.807, 2.05) is 61.8 Å². The van der Waals surface area contributed by atoms with Crippen molar-refractivity contribution >= 4 is 11.0 Å². The molecule has 29 heavy (non-hydrogen) atoms. The zero-order valence-corrected chi connectivity index (χ0v) is 16.0. The molecule has 0 unspecified atom stereocenters. The maximum absolute atomic E-state index is 5.28. The second-order valence-electron chi connectivity index (χ2n) is 6.70. The summed E-state index contributed by atoms with van der Waals surface area (Å²) in [4.78, 5) is 9.35. The van der Waals surface area contributed by atoms with E-state index in [1.165, 1.54) is 0 Å². The van der Waals surface area contributed by atoms with Crippen molar-refractivity contribution in [1.29, 1.82) is 0 Å². The van der Waals surface area contributed by atoms with Crippen molar-refractivity contribution in [3.05, 3.63) is 67.1 Å². The fraction of sp³-hybridized carbons (Fsp3) is 0.0909. The average molecular weight is 382 g/mol. The van der Waals surface area contributed by atoms with Crippen molar-refractivity contribution in [2.24, 2.45) is 7.05 Å². The fourth-order valence-corrected chi connectivity index (χ4v) is 3.42. The third-order valence-electron chi connectivity index (χ3n) is 4.84. The van der Waals surface area contributed by atoms with Crippen LogP contribution < -0.4 is 4.74 Å². The Labute approximate surface area is 167 Å². The first-order valence-electron chi connectivity index (χ1n) is 9.17. The normalized spacial score (nSPS) is 11.1. The van der Waals surface area contributed by atoms with Crippen LogP contribution in [0, 0.1) is 0 Å². The highest BCUT2D eigenvalue weighted by atomic mass is 16.5. The molecule has 0 aliphatic heterocycles. The van der Waals surface area contributed by atoms with Crippen molar-refractivity contribution < 1.29 is 4.74 Å². The van der Waals surface area contributed by atoms with Crippen molar-refractivity contribution in [3.8, 4) is 39.5 Å². The number of methoxy groups -OCH3 is 1. The Bertz CT molecular complexity index is 1290. The molecule has 0 saturated carbocycles. The number of pyridine rings is 2.